The van der Waals surface area contributed by atoms with E-state index in [1.54, 1.807) is 6.20 Å². The highest BCUT2D eigenvalue weighted by Gasteiger charge is 2.45. The fraction of sp³-hybridized carbons (Fsp3) is 0.684. The first-order valence-corrected chi connectivity index (χ1v) is 9.07. The molecule has 2 aliphatic heterocycles. The summed E-state index contributed by atoms with van der Waals surface area (Å²) in [6.45, 7) is 4.86. The molecular formula is C19H28N2O3. The molecule has 5 nitrogen and oxygen atoms in total. The summed E-state index contributed by atoms with van der Waals surface area (Å²) < 4.78 is 5.42. The standard InChI is InChI=1S/C19H28N2O3/c1-15-14-21(18(22)6-5-17-4-2-3-10-20-17)11-9-19(15,23)16-7-12-24-13-8-16/h2-4,10,15-16,23H,5-9,11-14H2,1H3. The van der Waals surface area contributed by atoms with Crippen molar-refractivity contribution in [2.75, 3.05) is 26.3 Å². The third-order valence-corrected chi connectivity index (χ3v) is 5.73. The highest BCUT2D eigenvalue weighted by atomic mass is 16.5. The molecule has 24 heavy (non-hydrogen) atoms. The quantitative estimate of drug-likeness (QED) is 0.916. The van der Waals surface area contributed by atoms with Crippen LogP contribution < -0.4 is 0 Å². The number of rotatable bonds is 4. The van der Waals surface area contributed by atoms with Crippen LogP contribution in [-0.4, -0.2) is 52.8 Å². The zero-order chi connectivity index (χ0) is 17.0. The van der Waals surface area contributed by atoms with Crippen LogP contribution in [0, 0.1) is 11.8 Å². The van der Waals surface area contributed by atoms with Gasteiger partial charge in [0.05, 0.1) is 5.60 Å². The summed E-state index contributed by atoms with van der Waals surface area (Å²) in [5.41, 5.74) is 0.302. The van der Waals surface area contributed by atoms with Gasteiger partial charge in [-0.15, -0.1) is 0 Å². The minimum absolute atomic E-state index is 0.105. The molecule has 2 saturated heterocycles. The van der Waals surface area contributed by atoms with Gasteiger partial charge in [-0.2, -0.15) is 0 Å². The molecule has 2 atom stereocenters. The van der Waals surface area contributed by atoms with E-state index in [0.29, 0.717) is 38.3 Å². The molecule has 0 aromatic carbocycles. The fourth-order valence-electron chi connectivity index (χ4n) is 4.11. The highest BCUT2D eigenvalue weighted by Crippen LogP contribution is 2.39. The van der Waals surface area contributed by atoms with Crippen molar-refractivity contribution in [3.8, 4) is 0 Å². The van der Waals surface area contributed by atoms with Crippen molar-refractivity contribution in [3.63, 3.8) is 0 Å². The maximum absolute atomic E-state index is 12.5. The lowest BCUT2D eigenvalue weighted by molar-refractivity contribution is -0.151. The Morgan fingerprint density at radius 3 is 2.88 bits per heavy atom. The first-order chi connectivity index (χ1) is 11.6. The van der Waals surface area contributed by atoms with Crippen LogP contribution in [0.15, 0.2) is 24.4 Å². The predicted molar refractivity (Wildman–Crippen MR) is 91.4 cm³/mol. The summed E-state index contributed by atoms with van der Waals surface area (Å²) in [5, 5.41) is 11.2. The van der Waals surface area contributed by atoms with Gasteiger partial charge < -0.3 is 14.7 Å². The molecule has 1 aromatic heterocycles. The number of hydrogen-bond acceptors (Lipinski definition) is 4. The Kier molecular flexibility index (Phi) is 5.51. The minimum Gasteiger partial charge on any atom is -0.389 e. The molecule has 0 aliphatic carbocycles. The van der Waals surface area contributed by atoms with Crippen molar-refractivity contribution >= 4 is 5.91 Å². The van der Waals surface area contributed by atoms with Gasteiger partial charge in [0.15, 0.2) is 0 Å². The van der Waals surface area contributed by atoms with Crippen molar-refractivity contribution in [1.82, 2.24) is 9.88 Å². The van der Waals surface area contributed by atoms with Crippen molar-refractivity contribution in [3.05, 3.63) is 30.1 Å². The van der Waals surface area contributed by atoms with Crippen molar-refractivity contribution in [2.24, 2.45) is 11.8 Å². The zero-order valence-corrected chi connectivity index (χ0v) is 14.5. The fourth-order valence-corrected chi connectivity index (χ4v) is 4.11. The molecule has 3 rings (SSSR count). The van der Waals surface area contributed by atoms with Crippen LogP contribution in [0.3, 0.4) is 0 Å². The van der Waals surface area contributed by atoms with E-state index in [2.05, 4.69) is 11.9 Å². The van der Waals surface area contributed by atoms with E-state index >= 15 is 0 Å². The Hall–Kier alpha value is -1.46. The number of pyridine rings is 1. The van der Waals surface area contributed by atoms with Gasteiger partial charge in [-0.3, -0.25) is 9.78 Å². The molecule has 5 heteroatoms. The van der Waals surface area contributed by atoms with Crippen LogP contribution in [0.5, 0.6) is 0 Å². The first kappa shape index (κ1) is 17.4. The van der Waals surface area contributed by atoms with Gasteiger partial charge in [0.25, 0.3) is 0 Å². The third-order valence-electron chi connectivity index (χ3n) is 5.73. The molecule has 0 bridgehead atoms. The summed E-state index contributed by atoms with van der Waals surface area (Å²) in [4.78, 5) is 18.7. The normalized spacial score (nSPS) is 28.8. The Balaban J connectivity index is 1.53. The lowest BCUT2D eigenvalue weighted by Crippen LogP contribution is -2.56. The largest absolute Gasteiger partial charge is 0.389 e. The summed E-state index contributed by atoms with van der Waals surface area (Å²) in [6, 6.07) is 5.79. The molecule has 2 fully saturated rings. The van der Waals surface area contributed by atoms with Crippen molar-refractivity contribution in [1.29, 1.82) is 0 Å². The van der Waals surface area contributed by atoms with Gasteiger partial charge in [-0.1, -0.05) is 13.0 Å². The van der Waals surface area contributed by atoms with Gasteiger partial charge in [-0.05, 0) is 43.7 Å². The Labute approximate surface area is 144 Å². The van der Waals surface area contributed by atoms with E-state index in [9.17, 15) is 9.90 Å². The lowest BCUT2D eigenvalue weighted by Gasteiger charge is -2.48. The van der Waals surface area contributed by atoms with E-state index in [0.717, 1.165) is 31.7 Å². The number of nitrogens with zero attached hydrogens (tertiary/aromatic N) is 2. The number of aromatic nitrogens is 1. The van der Waals surface area contributed by atoms with Gasteiger partial charge in [0.1, 0.15) is 0 Å². The van der Waals surface area contributed by atoms with Gasteiger partial charge in [0.2, 0.25) is 5.91 Å². The molecule has 3 heterocycles. The number of amides is 1. The minimum atomic E-state index is -0.651. The smallest absolute Gasteiger partial charge is 0.222 e. The second-order valence-electron chi connectivity index (χ2n) is 7.19. The Bertz CT molecular complexity index is 545. The van der Waals surface area contributed by atoms with E-state index in [1.807, 2.05) is 23.1 Å². The molecule has 1 amide bonds. The lowest BCUT2D eigenvalue weighted by atomic mass is 9.70. The number of carbonyl (C=O) groups is 1. The summed E-state index contributed by atoms with van der Waals surface area (Å²) in [7, 11) is 0. The third kappa shape index (κ3) is 3.78. The SMILES string of the molecule is CC1CN(C(=O)CCc2ccccn2)CCC1(O)C1CCOCC1. The van der Waals surface area contributed by atoms with Crippen LogP contribution in [-0.2, 0) is 16.0 Å². The number of hydrogen-bond donors (Lipinski definition) is 1. The van der Waals surface area contributed by atoms with Crippen molar-refractivity contribution in [2.45, 2.75) is 44.6 Å². The molecule has 132 valence electrons. The number of likely N-dealkylation sites (tertiary alicyclic amines) is 1. The van der Waals surface area contributed by atoms with E-state index in [1.165, 1.54) is 0 Å². The summed E-state index contributed by atoms with van der Waals surface area (Å²) in [5.74, 6) is 0.571. The molecule has 0 spiro atoms. The monoisotopic (exact) mass is 332 g/mol. The highest BCUT2D eigenvalue weighted by molar-refractivity contribution is 5.76. The van der Waals surface area contributed by atoms with Gasteiger partial charge in [-0.25, -0.2) is 0 Å². The van der Waals surface area contributed by atoms with Crippen LogP contribution in [0.25, 0.3) is 0 Å². The van der Waals surface area contributed by atoms with Gasteiger partial charge in [0, 0.05) is 50.5 Å². The number of aryl methyl sites for hydroxylation is 1. The zero-order valence-electron chi connectivity index (χ0n) is 14.5. The molecule has 1 N–H and O–H groups in total. The number of piperidine rings is 1. The summed E-state index contributed by atoms with van der Waals surface area (Å²) in [6.07, 6.45) is 5.45. The molecular weight excluding hydrogens is 304 g/mol. The summed E-state index contributed by atoms with van der Waals surface area (Å²) >= 11 is 0. The van der Waals surface area contributed by atoms with Crippen LogP contribution in [0.4, 0.5) is 0 Å². The van der Waals surface area contributed by atoms with E-state index in [4.69, 9.17) is 4.74 Å². The molecule has 2 aliphatic rings. The maximum atomic E-state index is 12.5. The predicted octanol–water partition coefficient (Wildman–Crippen LogP) is 2.04. The first-order valence-electron chi connectivity index (χ1n) is 9.07. The molecule has 0 saturated carbocycles. The van der Waals surface area contributed by atoms with E-state index in [-0.39, 0.29) is 11.8 Å². The number of ether oxygens (including phenoxy) is 1. The molecule has 2 unspecified atom stereocenters. The second kappa shape index (κ2) is 7.62. The molecule has 1 aromatic rings. The van der Waals surface area contributed by atoms with Crippen LogP contribution in [0.1, 0.15) is 38.3 Å². The second-order valence-corrected chi connectivity index (χ2v) is 7.19. The van der Waals surface area contributed by atoms with Crippen LogP contribution in [0.2, 0.25) is 0 Å². The average molecular weight is 332 g/mol. The Morgan fingerprint density at radius 1 is 1.42 bits per heavy atom. The maximum Gasteiger partial charge on any atom is 0.222 e. The Morgan fingerprint density at radius 2 is 2.21 bits per heavy atom. The average Bonchev–Trinajstić information content (AvgIpc) is 2.63. The van der Waals surface area contributed by atoms with Crippen molar-refractivity contribution < 1.29 is 14.6 Å². The molecule has 0 radical (unpaired) electrons. The topological polar surface area (TPSA) is 62.7 Å². The van der Waals surface area contributed by atoms with Crippen LogP contribution >= 0.6 is 0 Å². The number of carbonyl (C=O) groups excluding carboxylic acids is 1. The number of aliphatic hydroxyl groups is 1. The van der Waals surface area contributed by atoms with E-state index < -0.39 is 5.60 Å². The van der Waals surface area contributed by atoms with Gasteiger partial charge >= 0.3 is 0 Å².